The summed E-state index contributed by atoms with van der Waals surface area (Å²) in [5, 5.41) is 2.25. The molecule has 0 unspecified atom stereocenters. The molecule has 1 aromatic carbocycles. The number of anilines is 1. The fourth-order valence-corrected chi connectivity index (χ4v) is 0.724. The number of rotatable bonds is 3. The highest BCUT2D eigenvalue weighted by Gasteiger charge is 1.93. The van der Waals surface area contributed by atoms with Crippen LogP contribution in [0, 0.1) is 0 Å². The number of amides is 2. The Hall–Kier alpha value is -1.84. The number of nitrogens with one attached hydrogen (secondary N) is 1. The summed E-state index contributed by atoms with van der Waals surface area (Å²) in [6, 6.07) is 9.48. The highest BCUT2D eigenvalue weighted by molar-refractivity contribution is 5.73. The van der Waals surface area contributed by atoms with Crippen LogP contribution in [0.3, 0.4) is 0 Å². The number of carbonyl (C=O) groups excluding carboxylic acids is 2. The second kappa shape index (κ2) is 7.79. The third-order valence-corrected chi connectivity index (χ3v) is 1.44. The van der Waals surface area contributed by atoms with Crippen LogP contribution >= 0.6 is 0 Å². The van der Waals surface area contributed by atoms with Gasteiger partial charge in [-0.15, -0.1) is 0 Å². The first-order valence-electron chi connectivity index (χ1n) is 4.10. The van der Waals surface area contributed by atoms with Gasteiger partial charge in [0.2, 0.25) is 12.8 Å². The van der Waals surface area contributed by atoms with E-state index in [9.17, 15) is 4.79 Å². The summed E-state index contributed by atoms with van der Waals surface area (Å²) >= 11 is 0. The fourth-order valence-electron chi connectivity index (χ4n) is 0.724. The molecule has 0 aromatic heterocycles. The Morgan fingerprint density at radius 3 is 2.07 bits per heavy atom. The van der Waals surface area contributed by atoms with Crippen LogP contribution in [0.4, 0.5) is 5.69 Å². The summed E-state index contributed by atoms with van der Waals surface area (Å²) in [6.07, 6.45) is 1.41. The molecule has 0 atom stereocenters. The Balaban J connectivity index is 0.000000364. The number of hydrogen-bond acceptors (Lipinski definition) is 2. The number of para-hydroxylation sites is 1. The highest BCUT2D eigenvalue weighted by atomic mass is 16.1. The molecule has 0 saturated heterocycles. The van der Waals surface area contributed by atoms with Gasteiger partial charge >= 0.3 is 0 Å². The number of carbonyl (C=O) groups is 2. The van der Waals surface area contributed by atoms with Crippen molar-refractivity contribution in [2.24, 2.45) is 0 Å². The average molecular weight is 194 g/mol. The van der Waals surface area contributed by atoms with E-state index in [2.05, 4.69) is 5.32 Å². The molecule has 0 saturated carbocycles. The van der Waals surface area contributed by atoms with Crippen molar-refractivity contribution in [2.45, 2.75) is 0 Å². The van der Waals surface area contributed by atoms with E-state index in [0.717, 1.165) is 12.1 Å². The van der Waals surface area contributed by atoms with E-state index in [-0.39, 0.29) is 0 Å². The second-order valence-electron chi connectivity index (χ2n) is 2.46. The van der Waals surface area contributed by atoms with Gasteiger partial charge in [-0.1, -0.05) is 18.2 Å². The highest BCUT2D eigenvalue weighted by Crippen LogP contribution is 2.07. The van der Waals surface area contributed by atoms with Gasteiger partial charge in [0.15, 0.2) is 0 Å². The molecule has 4 heteroatoms. The molecule has 0 bridgehead atoms. The third kappa shape index (κ3) is 4.92. The third-order valence-electron chi connectivity index (χ3n) is 1.44. The molecule has 1 aromatic rings. The maximum Gasteiger partial charge on any atom is 0.213 e. The molecule has 0 aliphatic carbocycles. The molecular formula is C10H14N2O2. The summed E-state index contributed by atoms with van der Waals surface area (Å²) in [6.45, 7) is 0. The maximum absolute atomic E-state index is 10.2. The van der Waals surface area contributed by atoms with Gasteiger partial charge in [0.25, 0.3) is 0 Å². The van der Waals surface area contributed by atoms with Crippen LogP contribution < -0.4 is 10.2 Å². The van der Waals surface area contributed by atoms with Crippen LogP contribution in [0.1, 0.15) is 0 Å². The lowest BCUT2D eigenvalue weighted by molar-refractivity contribution is -0.109. The largest absolute Gasteiger partial charge is 0.362 e. The smallest absolute Gasteiger partial charge is 0.213 e. The summed E-state index contributed by atoms with van der Waals surface area (Å²) in [5.74, 6) is 0. The van der Waals surface area contributed by atoms with E-state index in [1.165, 1.54) is 4.90 Å². The Morgan fingerprint density at radius 2 is 1.71 bits per heavy atom. The molecule has 14 heavy (non-hydrogen) atoms. The zero-order chi connectivity index (χ0) is 10.8. The van der Waals surface area contributed by atoms with Crippen LogP contribution in [-0.4, -0.2) is 26.9 Å². The van der Waals surface area contributed by atoms with Crippen LogP contribution in [0.5, 0.6) is 0 Å². The van der Waals surface area contributed by atoms with Gasteiger partial charge < -0.3 is 10.2 Å². The van der Waals surface area contributed by atoms with Gasteiger partial charge in [-0.25, -0.2) is 0 Å². The minimum absolute atomic E-state index is 0.625. The summed E-state index contributed by atoms with van der Waals surface area (Å²) in [4.78, 5) is 20.8. The number of benzene rings is 1. The van der Waals surface area contributed by atoms with Crippen molar-refractivity contribution in [1.82, 2.24) is 5.32 Å². The van der Waals surface area contributed by atoms with Gasteiger partial charge in [0, 0.05) is 19.8 Å². The summed E-state index contributed by atoms with van der Waals surface area (Å²) in [7, 11) is 3.29. The normalized spacial score (nSPS) is 7.86. The van der Waals surface area contributed by atoms with Crippen molar-refractivity contribution in [3.8, 4) is 0 Å². The van der Waals surface area contributed by atoms with Crippen molar-refractivity contribution < 1.29 is 9.59 Å². The molecule has 4 nitrogen and oxygen atoms in total. The topological polar surface area (TPSA) is 49.4 Å². The molecule has 1 N–H and O–H groups in total. The predicted molar refractivity (Wildman–Crippen MR) is 56.0 cm³/mol. The lowest BCUT2D eigenvalue weighted by Crippen LogP contribution is -2.12. The van der Waals surface area contributed by atoms with Crippen LogP contribution in [0.15, 0.2) is 30.3 Å². The first kappa shape index (κ1) is 12.2. The monoisotopic (exact) mass is 194 g/mol. The second-order valence-corrected chi connectivity index (χ2v) is 2.46. The predicted octanol–water partition coefficient (Wildman–Crippen LogP) is 0.641. The van der Waals surface area contributed by atoms with Gasteiger partial charge in [-0.3, -0.25) is 9.59 Å². The Labute approximate surface area is 83.5 Å². The molecule has 0 spiro atoms. The number of hydrogen-bond donors (Lipinski definition) is 1. The average Bonchev–Trinajstić information content (AvgIpc) is 2.29. The fraction of sp³-hybridized carbons (Fsp3) is 0.200. The Bertz CT molecular complexity index is 262. The van der Waals surface area contributed by atoms with Gasteiger partial charge in [-0.2, -0.15) is 0 Å². The van der Waals surface area contributed by atoms with Gasteiger partial charge in [-0.05, 0) is 12.1 Å². The molecule has 0 heterocycles. The molecule has 2 amide bonds. The van der Waals surface area contributed by atoms with E-state index in [4.69, 9.17) is 4.79 Å². The van der Waals surface area contributed by atoms with E-state index in [0.29, 0.717) is 6.41 Å². The molecule has 0 aliphatic heterocycles. The van der Waals surface area contributed by atoms with E-state index >= 15 is 0 Å². The Kier molecular flexibility index (Phi) is 6.77. The SMILES string of the molecule is CN(C=O)c1ccccc1.CNC=O. The van der Waals surface area contributed by atoms with Gasteiger partial charge in [0.1, 0.15) is 0 Å². The zero-order valence-corrected chi connectivity index (χ0v) is 8.31. The van der Waals surface area contributed by atoms with Crippen LogP contribution in [0.2, 0.25) is 0 Å². The standard InChI is InChI=1S/C8H9NO.C2H5NO/c1-9(7-10)8-5-3-2-4-6-8;1-3-2-4/h2-7H,1H3;2H,1H3,(H,3,4). The van der Waals surface area contributed by atoms with Crippen molar-refractivity contribution in [2.75, 3.05) is 19.0 Å². The zero-order valence-electron chi connectivity index (χ0n) is 8.31. The first-order valence-corrected chi connectivity index (χ1v) is 4.10. The van der Waals surface area contributed by atoms with Crippen molar-refractivity contribution in [1.29, 1.82) is 0 Å². The summed E-state index contributed by atoms with van der Waals surface area (Å²) in [5.41, 5.74) is 0.914. The molecule has 0 radical (unpaired) electrons. The van der Waals surface area contributed by atoms with E-state index in [1.54, 1.807) is 14.1 Å². The molecule has 0 aliphatic rings. The maximum atomic E-state index is 10.2. The van der Waals surface area contributed by atoms with E-state index in [1.807, 2.05) is 30.3 Å². The molecular weight excluding hydrogens is 180 g/mol. The van der Waals surface area contributed by atoms with Crippen molar-refractivity contribution in [3.63, 3.8) is 0 Å². The number of nitrogens with zero attached hydrogens (tertiary/aromatic N) is 1. The Morgan fingerprint density at radius 1 is 1.21 bits per heavy atom. The molecule has 0 fully saturated rings. The summed E-state index contributed by atoms with van der Waals surface area (Å²) < 4.78 is 0. The van der Waals surface area contributed by atoms with Crippen molar-refractivity contribution >= 4 is 18.5 Å². The van der Waals surface area contributed by atoms with Crippen molar-refractivity contribution in [3.05, 3.63) is 30.3 Å². The van der Waals surface area contributed by atoms with E-state index < -0.39 is 0 Å². The quantitative estimate of drug-likeness (QED) is 0.718. The molecule has 76 valence electrons. The van der Waals surface area contributed by atoms with Crippen LogP contribution in [-0.2, 0) is 9.59 Å². The van der Waals surface area contributed by atoms with Crippen LogP contribution in [0.25, 0.3) is 0 Å². The lowest BCUT2D eigenvalue weighted by atomic mass is 10.3. The first-order chi connectivity index (χ1) is 6.76. The minimum atomic E-state index is 0.625. The minimum Gasteiger partial charge on any atom is -0.362 e. The lowest BCUT2D eigenvalue weighted by Gasteiger charge is -2.08. The molecule has 1 rings (SSSR count). The van der Waals surface area contributed by atoms with Gasteiger partial charge in [0.05, 0.1) is 0 Å².